The van der Waals surface area contributed by atoms with Gasteiger partial charge >= 0.3 is 6.09 Å². The van der Waals surface area contributed by atoms with E-state index in [1.54, 1.807) is 6.26 Å². The van der Waals surface area contributed by atoms with Gasteiger partial charge in [0.15, 0.2) is 0 Å². The second-order valence-electron chi connectivity index (χ2n) is 5.42. The van der Waals surface area contributed by atoms with E-state index in [-0.39, 0.29) is 18.6 Å². The summed E-state index contributed by atoms with van der Waals surface area (Å²) >= 11 is 0. The highest BCUT2D eigenvalue weighted by molar-refractivity contribution is 5.92. The number of carbonyl (C=O) groups excluding carboxylic acids is 2. The van der Waals surface area contributed by atoms with E-state index in [1.165, 1.54) is 0 Å². The van der Waals surface area contributed by atoms with E-state index in [2.05, 4.69) is 10.6 Å². The average Bonchev–Trinajstić information content (AvgIpc) is 3.09. The van der Waals surface area contributed by atoms with Crippen molar-refractivity contribution in [2.24, 2.45) is 0 Å². The van der Waals surface area contributed by atoms with Crippen molar-refractivity contribution in [3.63, 3.8) is 0 Å². The molecule has 0 radical (unpaired) electrons. The Labute approximate surface area is 133 Å². The molecule has 0 unspecified atom stereocenters. The molecular formula is C17H18N2O4. The van der Waals surface area contributed by atoms with Gasteiger partial charge in [-0.15, -0.1) is 0 Å². The number of furan rings is 1. The number of aryl methyl sites for hydroxylation is 1. The van der Waals surface area contributed by atoms with Crippen molar-refractivity contribution in [1.82, 2.24) is 10.6 Å². The fraction of sp³-hybridized carbons (Fsp3) is 0.294. The van der Waals surface area contributed by atoms with Crippen molar-refractivity contribution < 1.29 is 18.7 Å². The molecule has 1 aromatic carbocycles. The average molecular weight is 314 g/mol. The molecule has 120 valence electrons. The molecular weight excluding hydrogens is 296 g/mol. The van der Waals surface area contributed by atoms with Crippen LogP contribution >= 0.6 is 0 Å². The molecule has 1 aliphatic rings. The van der Waals surface area contributed by atoms with Crippen LogP contribution in [-0.4, -0.2) is 24.1 Å². The molecule has 0 saturated carbocycles. The summed E-state index contributed by atoms with van der Waals surface area (Å²) in [7, 11) is 0. The maximum atomic E-state index is 11.8. The number of carbonyl (C=O) groups is 2. The molecule has 1 fully saturated rings. The zero-order valence-electron chi connectivity index (χ0n) is 12.5. The summed E-state index contributed by atoms with van der Waals surface area (Å²) in [4.78, 5) is 23.4. The van der Waals surface area contributed by atoms with E-state index in [4.69, 9.17) is 9.15 Å². The maximum absolute atomic E-state index is 11.8. The third-order valence-corrected chi connectivity index (χ3v) is 3.78. The molecule has 3 rings (SSSR count). The Morgan fingerprint density at radius 2 is 2.04 bits per heavy atom. The van der Waals surface area contributed by atoms with Crippen LogP contribution in [0.3, 0.4) is 0 Å². The van der Waals surface area contributed by atoms with Crippen molar-refractivity contribution in [1.29, 1.82) is 0 Å². The van der Waals surface area contributed by atoms with E-state index >= 15 is 0 Å². The van der Waals surface area contributed by atoms with Crippen LogP contribution in [0.2, 0.25) is 0 Å². The molecule has 1 aliphatic heterocycles. The summed E-state index contributed by atoms with van der Waals surface area (Å²) in [6, 6.07) is 12.4. The fourth-order valence-corrected chi connectivity index (χ4v) is 2.49. The maximum Gasteiger partial charge on any atom is 0.408 e. The van der Waals surface area contributed by atoms with Crippen molar-refractivity contribution in [3.05, 3.63) is 60.1 Å². The normalized spacial score (nSPS) is 19.6. The highest BCUT2D eigenvalue weighted by Gasteiger charge is 2.40. The summed E-state index contributed by atoms with van der Waals surface area (Å²) in [5.74, 6) is 0.669. The quantitative estimate of drug-likeness (QED) is 0.799. The number of benzene rings is 1. The first-order chi connectivity index (χ1) is 11.2. The number of β-lactam (4-membered cyclic amide) rings is 1. The molecule has 0 spiro atoms. The van der Waals surface area contributed by atoms with E-state index in [0.29, 0.717) is 12.8 Å². The molecule has 2 aromatic rings. The first-order valence-corrected chi connectivity index (χ1v) is 7.52. The van der Waals surface area contributed by atoms with Gasteiger partial charge in [-0.25, -0.2) is 4.79 Å². The van der Waals surface area contributed by atoms with E-state index < -0.39 is 12.1 Å². The molecule has 6 nitrogen and oxygen atoms in total. The van der Waals surface area contributed by atoms with Gasteiger partial charge in [0.1, 0.15) is 18.4 Å². The number of nitrogens with one attached hydrogen (secondary N) is 2. The first kappa shape index (κ1) is 15.1. The van der Waals surface area contributed by atoms with Crippen molar-refractivity contribution in [2.45, 2.75) is 31.5 Å². The Kier molecular flexibility index (Phi) is 4.61. The lowest BCUT2D eigenvalue weighted by atomic mass is 9.94. The summed E-state index contributed by atoms with van der Waals surface area (Å²) < 4.78 is 10.4. The fourth-order valence-electron chi connectivity index (χ4n) is 2.49. The van der Waals surface area contributed by atoms with Crippen LogP contribution in [0, 0.1) is 0 Å². The Balaban J connectivity index is 1.44. The smallest absolute Gasteiger partial charge is 0.408 e. The van der Waals surface area contributed by atoms with Crippen LogP contribution < -0.4 is 10.6 Å². The van der Waals surface area contributed by atoms with Crippen LogP contribution in [0.1, 0.15) is 17.7 Å². The molecule has 1 saturated heterocycles. The summed E-state index contributed by atoms with van der Waals surface area (Å²) in [5, 5.41) is 5.40. The number of hydrogen-bond acceptors (Lipinski definition) is 4. The number of rotatable bonds is 6. The summed E-state index contributed by atoms with van der Waals surface area (Å²) in [6.07, 6.45) is 2.43. The molecule has 0 bridgehead atoms. The van der Waals surface area contributed by atoms with E-state index in [1.807, 2.05) is 42.5 Å². The second kappa shape index (κ2) is 7.00. The number of ether oxygens (including phenoxy) is 1. The Hall–Kier alpha value is -2.76. The van der Waals surface area contributed by atoms with Crippen LogP contribution in [-0.2, 0) is 22.6 Å². The topological polar surface area (TPSA) is 80.6 Å². The lowest BCUT2D eigenvalue weighted by Crippen LogP contribution is -2.69. The largest absolute Gasteiger partial charge is 0.469 e. The Morgan fingerprint density at radius 3 is 2.74 bits per heavy atom. The molecule has 2 heterocycles. The van der Waals surface area contributed by atoms with Gasteiger partial charge < -0.3 is 19.8 Å². The zero-order valence-corrected chi connectivity index (χ0v) is 12.5. The van der Waals surface area contributed by atoms with Crippen molar-refractivity contribution in [3.8, 4) is 0 Å². The lowest BCUT2D eigenvalue weighted by molar-refractivity contribution is -0.131. The number of amides is 2. The minimum absolute atomic E-state index is 0.100. The molecule has 6 heteroatoms. The van der Waals surface area contributed by atoms with Gasteiger partial charge in [-0.3, -0.25) is 4.79 Å². The Morgan fingerprint density at radius 1 is 1.22 bits per heavy atom. The molecule has 2 amide bonds. The van der Waals surface area contributed by atoms with E-state index in [0.717, 1.165) is 11.3 Å². The molecule has 2 N–H and O–H groups in total. The van der Waals surface area contributed by atoms with Crippen LogP contribution in [0.15, 0.2) is 53.1 Å². The first-order valence-electron chi connectivity index (χ1n) is 7.52. The molecule has 23 heavy (non-hydrogen) atoms. The number of alkyl carbamates (subject to hydrolysis) is 1. The predicted molar refractivity (Wildman–Crippen MR) is 82.5 cm³/mol. The number of hydrogen-bond donors (Lipinski definition) is 2. The van der Waals surface area contributed by atoms with Crippen LogP contribution in [0.4, 0.5) is 4.79 Å². The molecule has 0 aliphatic carbocycles. The second-order valence-corrected chi connectivity index (χ2v) is 5.42. The van der Waals surface area contributed by atoms with Gasteiger partial charge in [0.25, 0.3) is 0 Å². The van der Waals surface area contributed by atoms with Gasteiger partial charge in [-0.2, -0.15) is 0 Å². The standard InChI is InChI=1S/C17H18N2O4/c20-16-15(14(18-16)9-8-13-7-4-10-22-13)19-17(21)23-11-12-5-2-1-3-6-12/h1-7,10,14-15H,8-9,11H2,(H,18,20)(H,19,21)/t14-,15+/m1/s1. The summed E-state index contributed by atoms with van der Waals surface area (Å²) in [6.45, 7) is 0.179. The third-order valence-electron chi connectivity index (χ3n) is 3.78. The minimum Gasteiger partial charge on any atom is -0.469 e. The minimum atomic E-state index is -0.586. The monoisotopic (exact) mass is 314 g/mol. The van der Waals surface area contributed by atoms with Gasteiger partial charge in [-0.1, -0.05) is 30.3 Å². The van der Waals surface area contributed by atoms with Gasteiger partial charge in [-0.05, 0) is 24.1 Å². The zero-order chi connectivity index (χ0) is 16.1. The van der Waals surface area contributed by atoms with Gasteiger partial charge in [0, 0.05) is 6.42 Å². The predicted octanol–water partition coefficient (Wildman–Crippen LogP) is 2.01. The van der Waals surface area contributed by atoms with Gasteiger partial charge in [0.2, 0.25) is 5.91 Å². The Bertz CT molecular complexity index is 654. The molecule has 1 aromatic heterocycles. The summed E-state index contributed by atoms with van der Waals surface area (Å²) in [5.41, 5.74) is 0.898. The highest BCUT2D eigenvalue weighted by atomic mass is 16.5. The van der Waals surface area contributed by atoms with Crippen LogP contribution in [0.5, 0.6) is 0 Å². The van der Waals surface area contributed by atoms with Crippen molar-refractivity contribution in [2.75, 3.05) is 0 Å². The highest BCUT2D eigenvalue weighted by Crippen LogP contribution is 2.15. The lowest BCUT2D eigenvalue weighted by Gasteiger charge is -2.36. The SMILES string of the molecule is O=C(N[C@@H]1C(=O)N[C@@H]1CCc1ccco1)OCc1ccccc1. The van der Waals surface area contributed by atoms with Crippen LogP contribution in [0.25, 0.3) is 0 Å². The molecule has 2 atom stereocenters. The van der Waals surface area contributed by atoms with Crippen molar-refractivity contribution >= 4 is 12.0 Å². The third kappa shape index (κ3) is 3.91. The van der Waals surface area contributed by atoms with Gasteiger partial charge in [0.05, 0.1) is 12.3 Å². The van der Waals surface area contributed by atoms with E-state index in [9.17, 15) is 9.59 Å².